The molecule has 0 N–H and O–H groups in total. The van der Waals surface area contributed by atoms with E-state index in [9.17, 15) is 22.4 Å². The van der Waals surface area contributed by atoms with E-state index in [1.807, 2.05) is 0 Å². The molecule has 1 atom stereocenters. The van der Waals surface area contributed by atoms with Crippen LogP contribution in [0.25, 0.3) is 5.69 Å². The molecule has 2 aromatic heterocycles. The predicted octanol–water partition coefficient (Wildman–Crippen LogP) is 4.08. The van der Waals surface area contributed by atoms with Crippen LogP contribution >= 0.6 is 0 Å². The summed E-state index contributed by atoms with van der Waals surface area (Å²) in [5.74, 6) is -0.592. The van der Waals surface area contributed by atoms with Gasteiger partial charge in [-0.05, 0) is 51.0 Å². The minimum absolute atomic E-state index is 0.113. The smallest absolute Gasteiger partial charge is 0.322 e. The standard InChI is InChI=1S/C20H19F4N5O/c1-12(28-11-18(20(22,23)24)26-13(28)2)19(30)27-9-3-4-16-17(27)10-25-29(16)15-7-5-14(21)6-8-15/h5-8,10-12H,3-4,9H2,1-2H3. The summed E-state index contributed by atoms with van der Waals surface area (Å²) in [6.45, 7) is 3.42. The number of imidazole rings is 1. The zero-order chi connectivity index (χ0) is 21.6. The Bertz CT molecular complexity index is 1080. The largest absolute Gasteiger partial charge is 0.434 e. The summed E-state index contributed by atoms with van der Waals surface area (Å²) in [5, 5.41) is 4.35. The lowest BCUT2D eigenvalue weighted by molar-refractivity contribution is -0.141. The number of hydrogen-bond acceptors (Lipinski definition) is 3. The van der Waals surface area contributed by atoms with Gasteiger partial charge >= 0.3 is 6.18 Å². The van der Waals surface area contributed by atoms with Gasteiger partial charge in [-0.15, -0.1) is 0 Å². The maximum atomic E-state index is 13.2. The molecule has 0 radical (unpaired) electrons. The predicted molar refractivity (Wildman–Crippen MR) is 101 cm³/mol. The molecular formula is C20H19F4N5O. The maximum absolute atomic E-state index is 13.2. The quantitative estimate of drug-likeness (QED) is 0.599. The van der Waals surface area contributed by atoms with Gasteiger partial charge in [-0.1, -0.05) is 0 Å². The Balaban J connectivity index is 1.64. The molecule has 0 aliphatic carbocycles. The summed E-state index contributed by atoms with van der Waals surface area (Å²) in [5.41, 5.74) is 1.05. The van der Waals surface area contributed by atoms with Crippen LogP contribution in [0.1, 0.15) is 36.6 Å². The molecule has 3 aromatic rings. The zero-order valence-corrected chi connectivity index (χ0v) is 16.3. The highest BCUT2D eigenvalue weighted by Crippen LogP contribution is 2.32. The molecule has 1 amide bonds. The minimum atomic E-state index is -4.58. The fourth-order valence-corrected chi connectivity index (χ4v) is 3.74. The van der Waals surface area contributed by atoms with Gasteiger partial charge in [0.25, 0.3) is 0 Å². The molecule has 1 unspecified atom stereocenters. The van der Waals surface area contributed by atoms with Crippen molar-refractivity contribution >= 4 is 11.6 Å². The zero-order valence-electron chi connectivity index (χ0n) is 16.3. The third-order valence-corrected chi connectivity index (χ3v) is 5.25. The highest BCUT2D eigenvalue weighted by molar-refractivity contribution is 5.96. The van der Waals surface area contributed by atoms with Crippen LogP contribution < -0.4 is 4.90 Å². The van der Waals surface area contributed by atoms with Crippen LogP contribution in [-0.2, 0) is 17.4 Å². The van der Waals surface area contributed by atoms with Gasteiger partial charge in [0.05, 0.1) is 23.3 Å². The van der Waals surface area contributed by atoms with Crippen LogP contribution in [0.5, 0.6) is 0 Å². The van der Waals surface area contributed by atoms with Gasteiger partial charge in [-0.25, -0.2) is 14.1 Å². The number of benzene rings is 1. The normalized spacial score (nSPS) is 15.2. The average Bonchev–Trinajstić information content (AvgIpc) is 3.31. The summed E-state index contributed by atoms with van der Waals surface area (Å²) >= 11 is 0. The Morgan fingerprint density at radius 3 is 2.53 bits per heavy atom. The number of carbonyl (C=O) groups excluding carboxylic acids is 1. The van der Waals surface area contributed by atoms with Crippen molar-refractivity contribution in [3.63, 3.8) is 0 Å². The van der Waals surface area contributed by atoms with Crippen LogP contribution in [0.4, 0.5) is 23.2 Å². The molecule has 6 nitrogen and oxygen atoms in total. The van der Waals surface area contributed by atoms with Crippen LogP contribution in [-0.4, -0.2) is 31.8 Å². The second kappa shape index (κ2) is 7.26. The van der Waals surface area contributed by atoms with E-state index < -0.39 is 17.9 Å². The van der Waals surface area contributed by atoms with Gasteiger partial charge in [0, 0.05) is 12.7 Å². The first-order valence-electron chi connectivity index (χ1n) is 9.43. The van der Waals surface area contributed by atoms with Crippen molar-refractivity contribution in [2.75, 3.05) is 11.4 Å². The van der Waals surface area contributed by atoms with Crippen molar-refractivity contribution in [1.82, 2.24) is 19.3 Å². The minimum Gasteiger partial charge on any atom is -0.322 e. The van der Waals surface area contributed by atoms with Gasteiger partial charge in [-0.3, -0.25) is 4.79 Å². The Hall–Kier alpha value is -3.17. The van der Waals surface area contributed by atoms with Crippen molar-refractivity contribution < 1.29 is 22.4 Å². The van der Waals surface area contributed by atoms with Crippen LogP contribution in [0.3, 0.4) is 0 Å². The summed E-state index contributed by atoms with van der Waals surface area (Å²) in [7, 11) is 0. The molecule has 158 valence electrons. The number of fused-ring (bicyclic) bond motifs is 1. The van der Waals surface area contributed by atoms with E-state index in [1.165, 1.54) is 23.6 Å². The van der Waals surface area contributed by atoms with Gasteiger partial charge in [0.1, 0.15) is 17.7 Å². The monoisotopic (exact) mass is 421 g/mol. The van der Waals surface area contributed by atoms with Crippen molar-refractivity contribution in [2.45, 2.75) is 38.9 Å². The summed E-state index contributed by atoms with van der Waals surface area (Å²) in [6, 6.07) is 4.99. The van der Waals surface area contributed by atoms with Gasteiger partial charge < -0.3 is 9.47 Å². The van der Waals surface area contributed by atoms with E-state index in [-0.39, 0.29) is 17.5 Å². The van der Waals surface area contributed by atoms with Crippen molar-refractivity contribution in [3.05, 3.63) is 59.7 Å². The first-order valence-corrected chi connectivity index (χ1v) is 9.43. The SMILES string of the molecule is Cc1nc(C(F)(F)F)cn1C(C)C(=O)N1CCCc2c1cnn2-c1ccc(F)cc1. The van der Waals surface area contributed by atoms with Crippen LogP contribution in [0.15, 0.2) is 36.7 Å². The molecule has 0 saturated heterocycles. The van der Waals surface area contributed by atoms with E-state index in [1.54, 1.807) is 34.8 Å². The van der Waals surface area contributed by atoms with E-state index in [2.05, 4.69) is 10.1 Å². The highest BCUT2D eigenvalue weighted by atomic mass is 19.4. The lowest BCUT2D eigenvalue weighted by Crippen LogP contribution is -2.39. The molecule has 10 heteroatoms. The molecule has 30 heavy (non-hydrogen) atoms. The molecule has 1 aliphatic rings. The van der Waals surface area contributed by atoms with Gasteiger partial charge in [-0.2, -0.15) is 18.3 Å². The molecule has 4 rings (SSSR count). The van der Waals surface area contributed by atoms with E-state index in [0.29, 0.717) is 30.8 Å². The van der Waals surface area contributed by atoms with Crippen molar-refractivity contribution in [2.24, 2.45) is 0 Å². The number of alkyl halides is 3. The maximum Gasteiger partial charge on any atom is 0.434 e. The first-order chi connectivity index (χ1) is 14.2. The number of nitrogens with zero attached hydrogens (tertiary/aromatic N) is 5. The molecule has 0 saturated carbocycles. The molecule has 0 bridgehead atoms. The fourth-order valence-electron chi connectivity index (χ4n) is 3.74. The highest BCUT2D eigenvalue weighted by Gasteiger charge is 2.36. The number of halogens is 4. The van der Waals surface area contributed by atoms with E-state index >= 15 is 0 Å². The molecule has 0 fully saturated rings. The topological polar surface area (TPSA) is 56.0 Å². The molecular weight excluding hydrogens is 402 g/mol. The molecule has 3 heterocycles. The average molecular weight is 421 g/mol. The number of anilines is 1. The Morgan fingerprint density at radius 2 is 1.90 bits per heavy atom. The second-order valence-corrected chi connectivity index (χ2v) is 7.21. The summed E-state index contributed by atoms with van der Waals surface area (Å²) in [4.78, 5) is 18.3. The lowest BCUT2D eigenvalue weighted by Gasteiger charge is -2.30. The third kappa shape index (κ3) is 3.46. The van der Waals surface area contributed by atoms with Crippen LogP contribution in [0, 0.1) is 12.7 Å². The first kappa shape index (κ1) is 20.1. The number of carbonyl (C=O) groups is 1. The number of aromatic nitrogens is 4. The number of rotatable bonds is 3. The van der Waals surface area contributed by atoms with Gasteiger partial charge in [0.2, 0.25) is 5.91 Å². The molecule has 1 aliphatic heterocycles. The fraction of sp³-hybridized carbons (Fsp3) is 0.350. The number of amides is 1. The lowest BCUT2D eigenvalue weighted by atomic mass is 10.1. The van der Waals surface area contributed by atoms with Crippen LogP contribution in [0.2, 0.25) is 0 Å². The third-order valence-electron chi connectivity index (χ3n) is 5.25. The summed E-state index contributed by atoms with van der Waals surface area (Å²) < 4.78 is 55.1. The summed E-state index contributed by atoms with van der Waals surface area (Å²) in [6.07, 6.45) is -0.801. The van der Waals surface area contributed by atoms with Gasteiger partial charge in [0.15, 0.2) is 5.69 Å². The Labute approximate surface area is 169 Å². The molecule has 1 aromatic carbocycles. The number of aryl methyl sites for hydroxylation is 1. The van der Waals surface area contributed by atoms with E-state index in [4.69, 9.17) is 0 Å². The number of hydrogen-bond donors (Lipinski definition) is 0. The van der Waals surface area contributed by atoms with Crippen molar-refractivity contribution in [3.8, 4) is 5.69 Å². The second-order valence-electron chi connectivity index (χ2n) is 7.21. The van der Waals surface area contributed by atoms with E-state index in [0.717, 1.165) is 11.9 Å². The Kier molecular flexibility index (Phi) is 4.87. The Morgan fingerprint density at radius 1 is 1.20 bits per heavy atom. The molecule has 0 spiro atoms. The van der Waals surface area contributed by atoms with Crippen molar-refractivity contribution in [1.29, 1.82) is 0 Å².